The van der Waals surface area contributed by atoms with Crippen molar-refractivity contribution in [2.24, 2.45) is 5.92 Å². The molecule has 0 aliphatic rings. The molecule has 0 spiro atoms. The minimum Gasteiger partial charge on any atom is -0.493 e. The predicted octanol–water partition coefficient (Wildman–Crippen LogP) is 3.12. The third-order valence-electron chi connectivity index (χ3n) is 2.61. The van der Waals surface area contributed by atoms with Gasteiger partial charge in [0.1, 0.15) is 0 Å². The molecule has 1 unspecified atom stereocenters. The van der Waals surface area contributed by atoms with E-state index in [1.165, 1.54) is 0 Å². The summed E-state index contributed by atoms with van der Waals surface area (Å²) in [6.07, 6.45) is 0.391. The van der Waals surface area contributed by atoms with E-state index in [1.54, 1.807) is 20.1 Å². The monoisotopic (exact) mass is 316 g/mol. The van der Waals surface area contributed by atoms with Crippen LogP contribution in [0.25, 0.3) is 0 Å². The second-order valence-electron chi connectivity index (χ2n) is 3.93. The first-order valence-corrected chi connectivity index (χ1v) is 6.51. The second-order valence-corrected chi connectivity index (χ2v) is 4.79. The Morgan fingerprint density at radius 2 is 2.17 bits per heavy atom. The van der Waals surface area contributed by atoms with Crippen molar-refractivity contribution in [2.45, 2.75) is 20.3 Å². The van der Waals surface area contributed by atoms with E-state index in [-0.39, 0.29) is 0 Å². The van der Waals surface area contributed by atoms with Gasteiger partial charge in [0.05, 0.1) is 19.6 Å². The molecule has 100 valence electrons. The molecule has 0 fully saturated rings. The SMILES string of the molecule is CCOc1c(OC)ccc(Br)c1CC(C)C(=O)O. The number of carboxylic acids is 1. The van der Waals surface area contributed by atoms with Crippen LogP contribution in [0.4, 0.5) is 0 Å². The lowest BCUT2D eigenvalue weighted by Gasteiger charge is -2.17. The van der Waals surface area contributed by atoms with Crippen molar-refractivity contribution in [1.29, 1.82) is 0 Å². The van der Waals surface area contributed by atoms with Gasteiger partial charge in [-0.2, -0.15) is 0 Å². The van der Waals surface area contributed by atoms with Crippen LogP contribution in [0.2, 0.25) is 0 Å². The number of aliphatic carboxylic acids is 1. The summed E-state index contributed by atoms with van der Waals surface area (Å²) in [7, 11) is 1.57. The van der Waals surface area contributed by atoms with Gasteiger partial charge < -0.3 is 14.6 Å². The normalized spacial score (nSPS) is 12.0. The van der Waals surface area contributed by atoms with Crippen molar-refractivity contribution >= 4 is 21.9 Å². The number of hydrogen-bond donors (Lipinski definition) is 1. The minimum absolute atomic E-state index is 0.391. The van der Waals surface area contributed by atoms with Crippen molar-refractivity contribution in [1.82, 2.24) is 0 Å². The lowest BCUT2D eigenvalue weighted by Crippen LogP contribution is -2.13. The van der Waals surface area contributed by atoms with Gasteiger partial charge >= 0.3 is 5.97 Å². The van der Waals surface area contributed by atoms with Crippen LogP contribution < -0.4 is 9.47 Å². The molecule has 1 aromatic carbocycles. The average Bonchev–Trinajstić information content (AvgIpc) is 2.33. The second kappa shape index (κ2) is 6.64. The number of methoxy groups -OCH3 is 1. The van der Waals surface area contributed by atoms with Gasteiger partial charge in [0.2, 0.25) is 0 Å². The van der Waals surface area contributed by atoms with E-state index in [0.29, 0.717) is 24.5 Å². The first kappa shape index (κ1) is 14.8. The maximum absolute atomic E-state index is 11.0. The van der Waals surface area contributed by atoms with Crippen molar-refractivity contribution in [3.05, 3.63) is 22.2 Å². The molecule has 18 heavy (non-hydrogen) atoms. The summed E-state index contributed by atoms with van der Waals surface area (Å²) < 4.78 is 11.6. The minimum atomic E-state index is -0.827. The fourth-order valence-electron chi connectivity index (χ4n) is 1.63. The summed E-state index contributed by atoms with van der Waals surface area (Å²) in [5.74, 6) is -0.0742. The zero-order chi connectivity index (χ0) is 13.7. The summed E-state index contributed by atoms with van der Waals surface area (Å²) in [6, 6.07) is 3.63. The molecule has 0 bridgehead atoms. The zero-order valence-corrected chi connectivity index (χ0v) is 12.3. The smallest absolute Gasteiger partial charge is 0.306 e. The van der Waals surface area contributed by atoms with Gasteiger partial charge in [0.15, 0.2) is 11.5 Å². The maximum Gasteiger partial charge on any atom is 0.306 e. The summed E-state index contributed by atoms with van der Waals surface area (Å²) in [6.45, 7) is 4.05. The lowest BCUT2D eigenvalue weighted by atomic mass is 10.00. The Balaban J connectivity index is 3.17. The molecule has 5 heteroatoms. The van der Waals surface area contributed by atoms with Crippen LogP contribution >= 0.6 is 15.9 Å². The fourth-order valence-corrected chi connectivity index (χ4v) is 2.10. The van der Waals surface area contributed by atoms with Crippen molar-refractivity contribution in [2.75, 3.05) is 13.7 Å². The number of halogens is 1. The van der Waals surface area contributed by atoms with Crippen molar-refractivity contribution in [3.8, 4) is 11.5 Å². The molecular weight excluding hydrogens is 300 g/mol. The molecule has 1 aromatic rings. The molecule has 0 aliphatic carbocycles. The highest BCUT2D eigenvalue weighted by atomic mass is 79.9. The first-order valence-electron chi connectivity index (χ1n) is 5.72. The average molecular weight is 317 g/mol. The Labute approximate surface area is 115 Å². The van der Waals surface area contributed by atoms with Gasteiger partial charge in [-0.1, -0.05) is 22.9 Å². The van der Waals surface area contributed by atoms with Gasteiger partial charge in [-0.3, -0.25) is 4.79 Å². The van der Waals surface area contributed by atoms with Crippen LogP contribution in [0.3, 0.4) is 0 Å². The van der Waals surface area contributed by atoms with Crippen LogP contribution in [0.15, 0.2) is 16.6 Å². The molecule has 1 atom stereocenters. The number of carbonyl (C=O) groups is 1. The number of rotatable bonds is 6. The molecule has 0 aromatic heterocycles. The lowest BCUT2D eigenvalue weighted by molar-refractivity contribution is -0.141. The highest BCUT2D eigenvalue weighted by molar-refractivity contribution is 9.10. The quantitative estimate of drug-likeness (QED) is 0.876. The molecule has 4 nitrogen and oxygen atoms in total. The summed E-state index contributed by atoms with van der Waals surface area (Å²) >= 11 is 3.43. The Hall–Kier alpha value is -1.23. The van der Waals surface area contributed by atoms with Gasteiger partial charge in [-0.25, -0.2) is 0 Å². The number of carboxylic acid groups (broad SMARTS) is 1. The van der Waals surface area contributed by atoms with E-state index in [9.17, 15) is 4.79 Å². The molecule has 0 heterocycles. The summed E-state index contributed by atoms with van der Waals surface area (Å²) in [5, 5.41) is 8.99. The van der Waals surface area contributed by atoms with Gasteiger partial charge in [0, 0.05) is 10.0 Å². The standard InChI is InChI=1S/C13H17BrO4/c1-4-18-12-9(7-8(2)13(15)16)10(14)5-6-11(12)17-3/h5-6,8H,4,7H2,1-3H3,(H,15,16). The van der Waals surface area contributed by atoms with E-state index in [1.807, 2.05) is 13.0 Å². The van der Waals surface area contributed by atoms with E-state index < -0.39 is 11.9 Å². The Morgan fingerprint density at radius 1 is 1.50 bits per heavy atom. The van der Waals surface area contributed by atoms with Gasteiger partial charge in [0.25, 0.3) is 0 Å². The number of hydrogen-bond acceptors (Lipinski definition) is 3. The molecule has 0 amide bonds. The Kier molecular flexibility index (Phi) is 5.47. The molecule has 1 rings (SSSR count). The summed E-state index contributed by atoms with van der Waals surface area (Å²) in [5.41, 5.74) is 0.825. The largest absolute Gasteiger partial charge is 0.493 e. The number of benzene rings is 1. The molecule has 1 N–H and O–H groups in total. The zero-order valence-electron chi connectivity index (χ0n) is 10.7. The number of ether oxygens (including phenoxy) is 2. The van der Waals surface area contributed by atoms with E-state index >= 15 is 0 Å². The van der Waals surface area contributed by atoms with Crippen LogP contribution in [0, 0.1) is 5.92 Å². The molecule has 0 saturated heterocycles. The van der Waals surface area contributed by atoms with E-state index in [2.05, 4.69) is 15.9 Å². The van der Waals surface area contributed by atoms with E-state index in [4.69, 9.17) is 14.6 Å². The van der Waals surface area contributed by atoms with Crippen LogP contribution in [-0.2, 0) is 11.2 Å². The Morgan fingerprint density at radius 3 is 2.67 bits per heavy atom. The Bertz CT molecular complexity index is 431. The fraction of sp³-hybridized carbons (Fsp3) is 0.462. The maximum atomic E-state index is 11.0. The molecule has 0 saturated carbocycles. The summed E-state index contributed by atoms with van der Waals surface area (Å²) in [4.78, 5) is 11.0. The van der Waals surface area contributed by atoms with Crippen LogP contribution in [0.1, 0.15) is 19.4 Å². The van der Waals surface area contributed by atoms with Crippen LogP contribution in [-0.4, -0.2) is 24.8 Å². The third-order valence-corrected chi connectivity index (χ3v) is 3.35. The van der Waals surface area contributed by atoms with Crippen molar-refractivity contribution in [3.63, 3.8) is 0 Å². The molecular formula is C13H17BrO4. The van der Waals surface area contributed by atoms with Gasteiger partial charge in [-0.05, 0) is 25.5 Å². The van der Waals surface area contributed by atoms with Crippen molar-refractivity contribution < 1.29 is 19.4 Å². The first-order chi connectivity index (χ1) is 8.51. The molecule has 0 radical (unpaired) electrons. The highest BCUT2D eigenvalue weighted by Gasteiger charge is 2.20. The molecule has 0 aliphatic heterocycles. The van der Waals surface area contributed by atoms with E-state index in [0.717, 1.165) is 10.0 Å². The topological polar surface area (TPSA) is 55.8 Å². The van der Waals surface area contributed by atoms with Crippen LogP contribution in [0.5, 0.6) is 11.5 Å². The predicted molar refractivity (Wildman–Crippen MR) is 72.4 cm³/mol. The van der Waals surface area contributed by atoms with Gasteiger partial charge in [-0.15, -0.1) is 0 Å². The third kappa shape index (κ3) is 3.38. The highest BCUT2D eigenvalue weighted by Crippen LogP contribution is 2.37.